The van der Waals surface area contributed by atoms with Gasteiger partial charge in [-0.1, -0.05) is 12.8 Å². The first-order valence-electron chi connectivity index (χ1n) is 2.98. The summed E-state index contributed by atoms with van der Waals surface area (Å²) in [7, 11) is 0. The predicted octanol–water partition coefficient (Wildman–Crippen LogP) is -1.07. The minimum absolute atomic E-state index is 0. The van der Waals surface area contributed by atoms with Crippen LogP contribution in [-0.2, 0) is 0 Å². The Bertz CT molecular complexity index is 95.0. The van der Waals surface area contributed by atoms with E-state index in [1.165, 1.54) is 19.3 Å². The van der Waals surface area contributed by atoms with Crippen molar-refractivity contribution in [2.45, 2.75) is 19.3 Å². The molecule has 0 aromatic heterocycles. The van der Waals surface area contributed by atoms with E-state index in [0.717, 1.165) is 5.92 Å². The van der Waals surface area contributed by atoms with Gasteiger partial charge in [0.05, 0.1) is 0 Å². The van der Waals surface area contributed by atoms with Crippen molar-refractivity contribution in [2.24, 2.45) is 5.92 Å². The van der Waals surface area contributed by atoms with Crippen LogP contribution in [0, 0.1) is 11.8 Å². The monoisotopic (exact) mass is 100 g/mol. The van der Waals surface area contributed by atoms with Crippen LogP contribution < -0.4 is 18.9 Å². The molecule has 2 aliphatic carbocycles. The first-order valence-corrected chi connectivity index (χ1v) is 2.98. The molecular weight excluding hydrogens is 91.0 g/mol. The molecule has 0 spiro atoms. The molecule has 8 heavy (non-hydrogen) atoms. The number of fused-ring (bicyclic) bond motifs is 2. The Labute approximate surface area is 62.5 Å². The normalized spacial score (nSPS) is 31.0. The van der Waals surface area contributed by atoms with Crippen LogP contribution in [0.15, 0.2) is 12.2 Å². The molecule has 0 heterocycles. The summed E-state index contributed by atoms with van der Waals surface area (Å²) in [6, 6.07) is 0. The van der Waals surface area contributed by atoms with Gasteiger partial charge in [0, 0.05) is 0 Å². The molecule has 0 saturated heterocycles. The van der Waals surface area contributed by atoms with E-state index in [4.69, 9.17) is 0 Å². The molecule has 0 amide bonds. The van der Waals surface area contributed by atoms with Gasteiger partial charge in [-0.15, -0.1) is 12.3 Å². The minimum atomic E-state index is 0. The van der Waals surface area contributed by atoms with Gasteiger partial charge in [-0.3, -0.25) is 0 Å². The van der Waals surface area contributed by atoms with E-state index >= 15 is 0 Å². The Hall–Kier alpha value is 0.207. The van der Waals surface area contributed by atoms with Gasteiger partial charge in [-0.25, -0.2) is 18.1 Å². The number of hydrogen-bond donors (Lipinski definition) is 0. The van der Waals surface area contributed by atoms with E-state index in [-0.39, 0.29) is 18.9 Å². The Balaban J connectivity index is 0.000000320. The Morgan fingerprint density at radius 2 is 2.38 bits per heavy atom. The molecule has 38 valence electrons. The van der Waals surface area contributed by atoms with Gasteiger partial charge in [0.15, 0.2) is 0 Å². The average Bonchev–Trinajstić information content (AvgIpc) is 2.22. The minimum Gasteiger partial charge on any atom is -0.229 e. The zero-order valence-corrected chi connectivity index (χ0v) is 5.35. The number of allylic oxidation sites excluding steroid dienone is 2. The standard InChI is InChI=1S/C7H9.Li/c1-2-7-4-3-6(1)5-7;/h1-2,6H,3-5H2;/q-1;+1. The topological polar surface area (TPSA) is 0 Å². The molecule has 0 aromatic rings. The van der Waals surface area contributed by atoms with Crippen molar-refractivity contribution in [2.75, 3.05) is 0 Å². The molecule has 0 radical (unpaired) electrons. The van der Waals surface area contributed by atoms with E-state index in [1.54, 1.807) is 5.92 Å². The first-order chi connectivity index (χ1) is 3.45. The van der Waals surface area contributed by atoms with Gasteiger partial charge in [0.2, 0.25) is 0 Å². The molecule has 1 fully saturated rings. The molecule has 2 bridgehead atoms. The van der Waals surface area contributed by atoms with E-state index in [9.17, 15) is 0 Å². The van der Waals surface area contributed by atoms with Crippen LogP contribution in [-0.4, -0.2) is 0 Å². The van der Waals surface area contributed by atoms with Crippen LogP contribution in [0.4, 0.5) is 0 Å². The Morgan fingerprint density at radius 3 is 2.50 bits per heavy atom. The quantitative estimate of drug-likeness (QED) is 0.269. The Morgan fingerprint density at radius 1 is 1.50 bits per heavy atom. The summed E-state index contributed by atoms with van der Waals surface area (Å²) in [4.78, 5) is 0. The number of rotatable bonds is 0. The molecule has 1 atom stereocenters. The third kappa shape index (κ3) is 0.834. The largest absolute Gasteiger partial charge is 1.00 e. The van der Waals surface area contributed by atoms with E-state index < -0.39 is 0 Å². The van der Waals surface area contributed by atoms with Crippen molar-refractivity contribution in [3.63, 3.8) is 0 Å². The number of hydrogen-bond acceptors (Lipinski definition) is 0. The summed E-state index contributed by atoms with van der Waals surface area (Å²) in [6.07, 6.45) is 8.86. The molecular formula is C7H9Li. The smallest absolute Gasteiger partial charge is 0.229 e. The summed E-state index contributed by atoms with van der Waals surface area (Å²) in [5, 5.41) is 0. The van der Waals surface area contributed by atoms with E-state index in [0.29, 0.717) is 0 Å². The van der Waals surface area contributed by atoms with Gasteiger partial charge >= 0.3 is 18.9 Å². The van der Waals surface area contributed by atoms with E-state index in [2.05, 4.69) is 12.2 Å². The van der Waals surface area contributed by atoms with Crippen molar-refractivity contribution >= 4 is 0 Å². The van der Waals surface area contributed by atoms with Crippen LogP contribution in [0.5, 0.6) is 0 Å². The third-order valence-electron chi connectivity index (χ3n) is 1.96. The second-order valence-electron chi connectivity index (χ2n) is 2.52. The van der Waals surface area contributed by atoms with Gasteiger partial charge in [0.25, 0.3) is 0 Å². The zero-order chi connectivity index (χ0) is 4.69. The van der Waals surface area contributed by atoms with Gasteiger partial charge < -0.3 is 0 Å². The summed E-state index contributed by atoms with van der Waals surface area (Å²) < 4.78 is 0. The molecule has 1 heteroatoms. The van der Waals surface area contributed by atoms with Gasteiger partial charge in [0.1, 0.15) is 0 Å². The summed E-state index contributed by atoms with van der Waals surface area (Å²) >= 11 is 0. The van der Waals surface area contributed by atoms with Crippen LogP contribution in [0.25, 0.3) is 0 Å². The van der Waals surface area contributed by atoms with Crippen molar-refractivity contribution in [3.8, 4) is 0 Å². The predicted molar refractivity (Wildman–Crippen MR) is 29.7 cm³/mol. The molecule has 0 aliphatic heterocycles. The molecule has 2 rings (SSSR count). The van der Waals surface area contributed by atoms with Crippen LogP contribution in [0.1, 0.15) is 19.3 Å². The van der Waals surface area contributed by atoms with Crippen molar-refractivity contribution < 1.29 is 18.9 Å². The fourth-order valence-electron chi connectivity index (χ4n) is 1.50. The average molecular weight is 100 g/mol. The SMILES string of the molecule is C1=CC2CC[C-]1C2.[Li+]. The molecule has 1 saturated carbocycles. The molecule has 1 unspecified atom stereocenters. The van der Waals surface area contributed by atoms with Crippen molar-refractivity contribution in [1.29, 1.82) is 0 Å². The molecule has 0 nitrogen and oxygen atoms in total. The second kappa shape index (κ2) is 2.21. The maximum atomic E-state index is 2.35. The fourth-order valence-corrected chi connectivity index (χ4v) is 1.50. The molecule has 0 N–H and O–H groups in total. The van der Waals surface area contributed by atoms with E-state index in [1.807, 2.05) is 0 Å². The van der Waals surface area contributed by atoms with Crippen LogP contribution in [0.2, 0.25) is 0 Å². The maximum Gasteiger partial charge on any atom is 1.00 e. The summed E-state index contributed by atoms with van der Waals surface area (Å²) in [5.41, 5.74) is 0. The van der Waals surface area contributed by atoms with Crippen molar-refractivity contribution in [3.05, 3.63) is 18.1 Å². The first kappa shape index (κ1) is 6.33. The van der Waals surface area contributed by atoms with Crippen LogP contribution >= 0.6 is 0 Å². The van der Waals surface area contributed by atoms with Crippen LogP contribution in [0.3, 0.4) is 0 Å². The van der Waals surface area contributed by atoms with Crippen molar-refractivity contribution in [1.82, 2.24) is 0 Å². The zero-order valence-electron chi connectivity index (χ0n) is 5.35. The molecule has 0 aromatic carbocycles. The van der Waals surface area contributed by atoms with Gasteiger partial charge in [-0.2, -0.15) is 0 Å². The molecule has 2 aliphatic rings. The summed E-state index contributed by atoms with van der Waals surface area (Å²) in [6.45, 7) is 0. The summed E-state index contributed by atoms with van der Waals surface area (Å²) in [5.74, 6) is 2.64. The maximum absolute atomic E-state index is 2.35. The Kier molecular flexibility index (Phi) is 1.75. The fraction of sp³-hybridized carbons (Fsp3) is 0.571. The van der Waals surface area contributed by atoms with Gasteiger partial charge in [-0.05, 0) is 0 Å². The third-order valence-corrected chi connectivity index (χ3v) is 1.96. The second-order valence-corrected chi connectivity index (χ2v) is 2.52.